The average molecular weight is 448 g/mol. The maximum absolute atomic E-state index is 13.3. The number of hydrogen-bond donors (Lipinski definition) is 1. The molecule has 31 heavy (non-hydrogen) atoms. The van der Waals surface area contributed by atoms with Crippen LogP contribution in [0.25, 0.3) is 11.1 Å². The molecule has 0 fully saturated rings. The van der Waals surface area contributed by atoms with E-state index in [1.807, 2.05) is 19.1 Å². The molecule has 0 aliphatic rings. The molecule has 2 aromatic rings. The first-order valence-corrected chi connectivity index (χ1v) is 10.6. The van der Waals surface area contributed by atoms with Crippen LogP contribution in [0, 0.1) is 0 Å². The molecule has 174 valence electrons. The van der Waals surface area contributed by atoms with E-state index in [9.17, 15) is 26.3 Å². The number of alkyl halides is 6. The van der Waals surface area contributed by atoms with Crippen molar-refractivity contribution in [1.82, 2.24) is 5.32 Å². The topological polar surface area (TPSA) is 12.0 Å². The summed E-state index contributed by atoms with van der Waals surface area (Å²) < 4.78 is 79.3. The number of nitrogens with one attached hydrogen (secondary N) is 1. The van der Waals surface area contributed by atoms with Gasteiger partial charge in [0, 0.05) is 13.0 Å². The molecule has 1 nitrogen and oxygen atoms in total. The van der Waals surface area contributed by atoms with Gasteiger partial charge in [-0.2, -0.15) is 26.3 Å². The summed E-state index contributed by atoms with van der Waals surface area (Å²) in [5, 5.41) is 1.19. The zero-order chi connectivity index (χ0) is 23.4. The van der Waals surface area contributed by atoms with Crippen LogP contribution in [0.2, 0.25) is 0 Å². The molecule has 0 heterocycles. The van der Waals surface area contributed by atoms with Crippen molar-refractivity contribution in [3.05, 3.63) is 60.7 Å². The van der Waals surface area contributed by atoms with E-state index in [0.29, 0.717) is 12.8 Å². The fraction of sp³-hybridized carbons (Fsp3) is 0.500. The Hall–Kier alpha value is -2.02. The van der Waals surface area contributed by atoms with E-state index in [0.717, 1.165) is 6.42 Å². The van der Waals surface area contributed by atoms with E-state index in [2.05, 4.69) is 48.5 Å². The van der Waals surface area contributed by atoms with Crippen molar-refractivity contribution in [3.8, 4) is 11.1 Å². The smallest absolute Gasteiger partial charge is 0.253 e. The second-order valence-electron chi connectivity index (χ2n) is 7.32. The molecule has 0 bridgehead atoms. The molecule has 0 unspecified atom stereocenters. The van der Waals surface area contributed by atoms with E-state index in [4.69, 9.17) is 0 Å². The van der Waals surface area contributed by atoms with Crippen LogP contribution in [0.3, 0.4) is 0 Å². The Morgan fingerprint density at radius 2 is 1.13 bits per heavy atom. The van der Waals surface area contributed by atoms with E-state index in [1.165, 1.54) is 23.4 Å². The minimum absolute atomic E-state index is 0.147. The highest BCUT2D eigenvalue weighted by atomic mass is 19.3. The normalized spacial score (nSPS) is 12.3. The summed E-state index contributed by atoms with van der Waals surface area (Å²) in [5.74, 6) is -10.1. The third-order valence-corrected chi connectivity index (χ3v) is 4.68. The molecule has 0 aromatic heterocycles. The Balaban J connectivity index is 0.000000339. The van der Waals surface area contributed by atoms with Gasteiger partial charge in [0.25, 0.3) is 0 Å². The first-order chi connectivity index (χ1) is 14.6. The van der Waals surface area contributed by atoms with Crippen molar-refractivity contribution in [2.75, 3.05) is 6.54 Å². The van der Waals surface area contributed by atoms with Crippen LogP contribution < -0.4 is 5.32 Å². The zero-order valence-electron chi connectivity index (χ0n) is 18.0. The number of halogens is 6. The van der Waals surface area contributed by atoms with Gasteiger partial charge in [-0.1, -0.05) is 93.8 Å². The molecular weight excluding hydrogens is 416 g/mol. The largest absolute Gasteiger partial charge is 0.386 e. The molecular formula is C24H31F6N. The predicted molar refractivity (Wildman–Crippen MR) is 114 cm³/mol. The summed E-state index contributed by atoms with van der Waals surface area (Å²) in [4.78, 5) is 0. The van der Waals surface area contributed by atoms with Crippen LogP contribution in [0.4, 0.5) is 26.3 Å². The molecule has 0 spiro atoms. The van der Waals surface area contributed by atoms with E-state index < -0.39 is 30.9 Å². The highest BCUT2D eigenvalue weighted by molar-refractivity contribution is 5.62. The van der Waals surface area contributed by atoms with Crippen LogP contribution in [-0.4, -0.2) is 24.4 Å². The van der Waals surface area contributed by atoms with Gasteiger partial charge >= 0.3 is 17.9 Å². The summed E-state index contributed by atoms with van der Waals surface area (Å²) in [6, 6.07) is 15.9. The van der Waals surface area contributed by atoms with Crippen molar-refractivity contribution in [2.45, 2.75) is 70.3 Å². The lowest BCUT2D eigenvalue weighted by Gasteiger charge is -2.33. The van der Waals surface area contributed by atoms with Gasteiger partial charge in [0.2, 0.25) is 0 Å². The highest BCUT2D eigenvalue weighted by Crippen LogP contribution is 2.46. The quantitative estimate of drug-likeness (QED) is 0.208. The van der Waals surface area contributed by atoms with Gasteiger partial charge in [-0.15, -0.1) is 0 Å². The van der Waals surface area contributed by atoms with Crippen molar-refractivity contribution in [2.24, 2.45) is 0 Å². The monoisotopic (exact) mass is 447 g/mol. The van der Waals surface area contributed by atoms with Gasteiger partial charge in [0.05, 0.1) is 0 Å². The Morgan fingerprint density at radius 3 is 1.55 bits per heavy atom. The van der Waals surface area contributed by atoms with Gasteiger partial charge < -0.3 is 0 Å². The predicted octanol–water partition coefficient (Wildman–Crippen LogP) is 8.17. The summed E-state index contributed by atoms with van der Waals surface area (Å²) in [6.45, 7) is 2.86. The lowest BCUT2D eigenvalue weighted by molar-refractivity contribution is -0.320. The van der Waals surface area contributed by atoms with Crippen molar-refractivity contribution in [1.29, 1.82) is 0 Å². The number of hydrogen-bond acceptors (Lipinski definition) is 1. The summed E-state index contributed by atoms with van der Waals surface area (Å²) in [5.41, 5.74) is 2.55. The number of unbranched alkanes of at least 4 members (excludes halogenated alkanes) is 3. The molecule has 0 saturated carbocycles. The number of benzene rings is 2. The lowest BCUT2D eigenvalue weighted by Crippen LogP contribution is -2.61. The minimum Gasteiger partial charge on any atom is -0.253 e. The second kappa shape index (κ2) is 12.7. The molecule has 2 aromatic carbocycles. The molecule has 0 atom stereocenters. The average Bonchev–Trinajstić information content (AvgIpc) is 2.77. The van der Waals surface area contributed by atoms with Crippen LogP contribution >= 0.6 is 0 Å². The van der Waals surface area contributed by atoms with Gasteiger partial charge in [-0.05, 0) is 24.0 Å². The van der Waals surface area contributed by atoms with Crippen LogP contribution in [0.1, 0.15) is 52.4 Å². The van der Waals surface area contributed by atoms with Crippen LogP contribution in [0.15, 0.2) is 60.7 Å². The lowest BCUT2D eigenvalue weighted by atomic mass is 10.0. The molecule has 7 heteroatoms. The van der Waals surface area contributed by atoms with Crippen molar-refractivity contribution in [3.63, 3.8) is 0 Å². The van der Waals surface area contributed by atoms with Gasteiger partial charge in [0.15, 0.2) is 0 Å². The van der Waals surface area contributed by atoms with Crippen LogP contribution in [0.5, 0.6) is 0 Å². The van der Waals surface area contributed by atoms with E-state index in [-0.39, 0.29) is 12.8 Å². The van der Waals surface area contributed by atoms with Gasteiger partial charge in [0.1, 0.15) is 0 Å². The van der Waals surface area contributed by atoms with Gasteiger partial charge in [-0.25, -0.2) is 0 Å². The first kappa shape index (κ1) is 27.0. The summed E-state index contributed by atoms with van der Waals surface area (Å²) >= 11 is 0. The first-order valence-electron chi connectivity index (χ1n) is 10.6. The Labute approximate surface area is 180 Å². The molecule has 0 aliphatic carbocycles. The zero-order valence-corrected chi connectivity index (χ0v) is 18.0. The maximum Gasteiger partial charge on any atom is 0.386 e. The molecule has 2 rings (SSSR count). The minimum atomic E-state index is -5.39. The van der Waals surface area contributed by atoms with E-state index in [1.54, 1.807) is 0 Å². The Morgan fingerprint density at radius 1 is 0.645 bits per heavy atom. The SMILES string of the molecule is CCCCCCC(F)(F)C(F)(F)C(F)(F)NCCC.c1ccc(-c2ccccc2)cc1. The molecule has 0 radical (unpaired) electrons. The third-order valence-electron chi connectivity index (χ3n) is 4.68. The third kappa shape index (κ3) is 8.20. The molecule has 0 aliphatic heterocycles. The molecule has 1 N–H and O–H groups in total. The fourth-order valence-corrected chi connectivity index (χ4v) is 2.81. The number of rotatable bonds is 11. The van der Waals surface area contributed by atoms with E-state index >= 15 is 0 Å². The van der Waals surface area contributed by atoms with Crippen molar-refractivity contribution >= 4 is 0 Å². The standard InChI is InChI=1S/C12H21F6N.C12H10/c1-3-5-6-7-8-10(13,14)11(15,16)12(17,18)19-9-4-2;1-3-7-11(8-4-1)12-9-5-2-6-10-12/h19H,3-9H2,1-2H3;1-10H. The Bertz CT molecular complexity index is 682. The maximum atomic E-state index is 13.3. The second-order valence-corrected chi connectivity index (χ2v) is 7.32. The van der Waals surface area contributed by atoms with Gasteiger partial charge in [-0.3, -0.25) is 5.32 Å². The highest BCUT2D eigenvalue weighted by Gasteiger charge is 2.70. The fourth-order valence-electron chi connectivity index (χ4n) is 2.81. The molecule has 0 saturated heterocycles. The summed E-state index contributed by atoms with van der Waals surface area (Å²) in [7, 11) is 0. The summed E-state index contributed by atoms with van der Waals surface area (Å²) in [6.07, 6.45) is 0.413. The molecule has 0 amide bonds. The Kier molecular flexibility index (Phi) is 11.1. The van der Waals surface area contributed by atoms with Crippen LogP contribution in [-0.2, 0) is 0 Å². The van der Waals surface area contributed by atoms with Crippen molar-refractivity contribution < 1.29 is 26.3 Å².